The number of phenolic OH excluding ortho intramolecular Hbond substituents is 1. The maximum absolute atomic E-state index is 11.8. The number of H-pyrrole nitrogens is 1. The maximum Gasteiger partial charge on any atom is 0.186 e. The lowest BCUT2D eigenvalue weighted by Gasteiger charge is -2.08. The molecule has 0 unspecified atom stereocenters. The third kappa shape index (κ3) is 1.72. The van der Waals surface area contributed by atoms with Crippen LogP contribution in [0.5, 0.6) is 5.75 Å². The van der Waals surface area contributed by atoms with Crippen LogP contribution in [0.1, 0.15) is 12.6 Å². The van der Waals surface area contributed by atoms with Crippen LogP contribution in [0.2, 0.25) is 0 Å². The Morgan fingerprint density at radius 1 is 1.33 bits per heavy atom. The lowest BCUT2D eigenvalue weighted by molar-refractivity contribution is -0.112. The molecule has 0 radical (unpaired) electrons. The number of carbonyl (C=O) groups is 1. The van der Waals surface area contributed by atoms with Gasteiger partial charge in [0, 0.05) is 22.2 Å². The van der Waals surface area contributed by atoms with Crippen molar-refractivity contribution in [3.05, 3.63) is 36.0 Å². The highest BCUT2D eigenvalue weighted by atomic mass is 16.3. The van der Waals surface area contributed by atoms with Crippen molar-refractivity contribution in [2.45, 2.75) is 6.92 Å². The highest BCUT2D eigenvalue weighted by Gasteiger charge is 2.17. The molecule has 0 spiro atoms. The van der Waals surface area contributed by atoms with Crippen LogP contribution < -0.4 is 0 Å². The molecule has 2 aromatic rings. The van der Waals surface area contributed by atoms with E-state index in [1.165, 1.54) is 0 Å². The van der Waals surface area contributed by atoms with E-state index in [1.807, 2.05) is 13.0 Å². The molecule has 1 aromatic carbocycles. The van der Waals surface area contributed by atoms with Crippen LogP contribution >= 0.6 is 0 Å². The Morgan fingerprint density at radius 3 is 3.00 bits per heavy atom. The molecule has 0 amide bonds. The first-order chi connectivity index (χ1) is 8.63. The fourth-order valence-electron chi connectivity index (χ4n) is 2.11. The van der Waals surface area contributed by atoms with Crippen molar-refractivity contribution >= 4 is 28.0 Å². The van der Waals surface area contributed by atoms with Gasteiger partial charge in [-0.25, -0.2) is 0 Å². The number of carbonyl (C=O) groups excluding carboxylic acids is 1. The minimum absolute atomic E-state index is 0.0105. The van der Waals surface area contributed by atoms with Gasteiger partial charge in [-0.15, -0.1) is 0 Å². The molecule has 0 fully saturated rings. The van der Waals surface area contributed by atoms with Gasteiger partial charge in [-0.05, 0) is 37.3 Å². The van der Waals surface area contributed by atoms with Gasteiger partial charge in [0.25, 0.3) is 0 Å². The molecular weight excluding hydrogens is 228 g/mol. The summed E-state index contributed by atoms with van der Waals surface area (Å²) in [5, 5.41) is 10.3. The van der Waals surface area contributed by atoms with Gasteiger partial charge < -0.3 is 10.1 Å². The number of aromatic hydroxyl groups is 1. The summed E-state index contributed by atoms with van der Waals surface area (Å²) in [5.41, 5.74) is 3.18. The summed E-state index contributed by atoms with van der Waals surface area (Å²) in [4.78, 5) is 19.1. The highest BCUT2D eigenvalue weighted by Crippen LogP contribution is 2.25. The van der Waals surface area contributed by atoms with Gasteiger partial charge in [-0.2, -0.15) is 0 Å². The first kappa shape index (κ1) is 10.8. The smallest absolute Gasteiger partial charge is 0.186 e. The number of fused-ring (bicyclic) bond motifs is 1. The monoisotopic (exact) mass is 240 g/mol. The molecule has 18 heavy (non-hydrogen) atoms. The number of dihydropyridines is 1. The lowest BCUT2D eigenvalue weighted by atomic mass is 10.0. The summed E-state index contributed by atoms with van der Waals surface area (Å²) in [7, 11) is 0. The van der Waals surface area contributed by atoms with Crippen molar-refractivity contribution in [1.29, 1.82) is 0 Å². The molecule has 0 aliphatic carbocycles. The molecule has 3 rings (SSSR count). The molecule has 1 aliphatic rings. The molecule has 0 saturated heterocycles. The van der Waals surface area contributed by atoms with Crippen molar-refractivity contribution in [2.24, 2.45) is 4.99 Å². The number of aromatic nitrogens is 1. The minimum Gasteiger partial charge on any atom is -0.508 e. The number of benzene rings is 1. The Morgan fingerprint density at radius 2 is 2.17 bits per heavy atom. The van der Waals surface area contributed by atoms with Crippen molar-refractivity contribution in [3.63, 3.8) is 0 Å². The average molecular weight is 240 g/mol. The average Bonchev–Trinajstić information content (AvgIpc) is 2.74. The molecule has 4 nitrogen and oxygen atoms in total. The number of aliphatic imine (C=N–C) groups is 1. The fraction of sp³-hybridized carbons (Fsp3) is 0.143. The molecule has 1 aliphatic heterocycles. The van der Waals surface area contributed by atoms with Gasteiger partial charge in [-0.3, -0.25) is 9.79 Å². The SMILES string of the molecule is CC1=NCC(=O)C(c2cc3cc(O)ccc3[nH]2)=C1. The number of aromatic amines is 1. The van der Waals surface area contributed by atoms with Crippen molar-refractivity contribution < 1.29 is 9.90 Å². The maximum atomic E-state index is 11.8. The number of nitrogens with zero attached hydrogens (tertiary/aromatic N) is 1. The molecule has 4 heteroatoms. The molecule has 2 heterocycles. The Bertz CT molecular complexity index is 708. The summed E-state index contributed by atoms with van der Waals surface area (Å²) >= 11 is 0. The zero-order valence-electron chi connectivity index (χ0n) is 9.90. The van der Waals surface area contributed by atoms with Crippen LogP contribution in [0.3, 0.4) is 0 Å². The van der Waals surface area contributed by atoms with E-state index in [1.54, 1.807) is 24.3 Å². The second-order valence-electron chi connectivity index (χ2n) is 4.39. The highest BCUT2D eigenvalue weighted by molar-refractivity contribution is 6.28. The quantitative estimate of drug-likeness (QED) is 0.803. The second-order valence-corrected chi connectivity index (χ2v) is 4.39. The summed E-state index contributed by atoms with van der Waals surface area (Å²) < 4.78 is 0. The van der Waals surface area contributed by atoms with Crippen LogP contribution in [0.25, 0.3) is 16.5 Å². The van der Waals surface area contributed by atoms with Gasteiger partial charge >= 0.3 is 0 Å². The number of Topliss-reactive ketones (excluding diaryl/α,β-unsaturated/α-hetero) is 1. The van der Waals surface area contributed by atoms with Crippen molar-refractivity contribution in [2.75, 3.05) is 6.54 Å². The predicted octanol–water partition coefficient (Wildman–Crippen LogP) is 2.30. The van der Waals surface area contributed by atoms with Crippen LogP contribution in [0, 0.1) is 0 Å². The number of ketones is 1. The Balaban J connectivity index is 2.14. The normalized spacial score (nSPS) is 15.7. The largest absolute Gasteiger partial charge is 0.508 e. The fourth-order valence-corrected chi connectivity index (χ4v) is 2.11. The lowest BCUT2D eigenvalue weighted by Crippen LogP contribution is -2.13. The first-order valence-corrected chi connectivity index (χ1v) is 5.71. The van der Waals surface area contributed by atoms with Gasteiger partial charge in [0.05, 0.1) is 5.69 Å². The van der Waals surface area contributed by atoms with Crippen LogP contribution in [0.4, 0.5) is 0 Å². The Labute approximate surface area is 104 Å². The van der Waals surface area contributed by atoms with Crippen LogP contribution in [-0.4, -0.2) is 28.1 Å². The van der Waals surface area contributed by atoms with E-state index < -0.39 is 0 Å². The first-order valence-electron chi connectivity index (χ1n) is 5.71. The van der Waals surface area contributed by atoms with E-state index in [9.17, 15) is 9.90 Å². The molecule has 90 valence electrons. The summed E-state index contributed by atoms with van der Waals surface area (Å²) in [6.45, 7) is 2.08. The van der Waals surface area contributed by atoms with Gasteiger partial charge in [0.1, 0.15) is 12.3 Å². The van der Waals surface area contributed by atoms with E-state index >= 15 is 0 Å². The Kier molecular flexibility index (Phi) is 2.30. The van der Waals surface area contributed by atoms with Gasteiger partial charge in [-0.1, -0.05) is 0 Å². The number of hydrogen-bond donors (Lipinski definition) is 2. The topological polar surface area (TPSA) is 65.4 Å². The van der Waals surface area contributed by atoms with Gasteiger partial charge in [0.2, 0.25) is 0 Å². The number of allylic oxidation sites excluding steroid dienone is 1. The number of rotatable bonds is 1. The molecular formula is C14H12N2O2. The molecule has 0 bridgehead atoms. The van der Waals surface area contributed by atoms with E-state index in [2.05, 4.69) is 9.98 Å². The second kappa shape index (κ2) is 3.84. The third-order valence-electron chi connectivity index (χ3n) is 3.02. The molecule has 1 aromatic heterocycles. The molecule has 0 atom stereocenters. The number of nitrogens with one attached hydrogen (secondary N) is 1. The molecule has 2 N–H and O–H groups in total. The zero-order valence-corrected chi connectivity index (χ0v) is 9.90. The van der Waals surface area contributed by atoms with Crippen molar-refractivity contribution in [3.8, 4) is 5.75 Å². The number of hydrogen-bond acceptors (Lipinski definition) is 3. The predicted molar refractivity (Wildman–Crippen MR) is 70.9 cm³/mol. The third-order valence-corrected chi connectivity index (χ3v) is 3.02. The van der Waals surface area contributed by atoms with Crippen LogP contribution in [0.15, 0.2) is 35.3 Å². The minimum atomic E-state index is 0.0105. The van der Waals surface area contributed by atoms with E-state index in [4.69, 9.17) is 0 Å². The zero-order chi connectivity index (χ0) is 12.7. The van der Waals surface area contributed by atoms with E-state index in [-0.39, 0.29) is 18.1 Å². The Hall–Kier alpha value is -2.36. The summed E-state index contributed by atoms with van der Waals surface area (Å²) in [6, 6.07) is 6.96. The summed E-state index contributed by atoms with van der Waals surface area (Å²) in [6.07, 6.45) is 1.79. The van der Waals surface area contributed by atoms with Gasteiger partial charge in [0.15, 0.2) is 5.78 Å². The number of phenols is 1. The van der Waals surface area contributed by atoms with Crippen LogP contribution in [-0.2, 0) is 4.79 Å². The van der Waals surface area contributed by atoms with E-state index in [0.717, 1.165) is 22.3 Å². The van der Waals surface area contributed by atoms with Crippen molar-refractivity contribution in [1.82, 2.24) is 4.98 Å². The standard InChI is InChI=1S/C14H12N2O2/c1-8-4-11(14(18)7-15-8)13-6-9-5-10(17)2-3-12(9)16-13/h2-6,16-17H,7H2,1H3. The molecule has 0 saturated carbocycles. The van der Waals surface area contributed by atoms with E-state index in [0.29, 0.717) is 5.57 Å². The summed E-state index contributed by atoms with van der Waals surface area (Å²) in [5.74, 6) is 0.228.